The van der Waals surface area contributed by atoms with Gasteiger partial charge in [0.05, 0.1) is 11.9 Å². The van der Waals surface area contributed by atoms with E-state index < -0.39 is 5.97 Å². The molecule has 0 fully saturated rings. The lowest BCUT2D eigenvalue weighted by Crippen LogP contribution is -2.12. The van der Waals surface area contributed by atoms with Crippen molar-refractivity contribution in [3.63, 3.8) is 0 Å². The molecule has 0 spiro atoms. The van der Waals surface area contributed by atoms with Crippen molar-refractivity contribution in [2.75, 3.05) is 0 Å². The second-order valence-electron chi connectivity index (χ2n) is 1.87. The first-order valence-corrected chi connectivity index (χ1v) is 3.21. The maximum absolute atomic E-state index is 10.2. The molecule has 0 unspecified atom stereocenters. The third-order valence-corrected chi connectivity index (χ3v) is 1.36. The Morgan fingerprint density at radius 3 is 3.00 bits per heavy atom. The lowest BCUT2D eigenvalue weighted by molar-refractivity contribution is -0.129. The van der Waals surface area contributed by atoms with Gasteiger partial charge in [-0.05, 0) is 0 Å². The molecule has 0 saturated heterocycles. The number of aliphatic carboxylic acids is 1. The largest absolute Gasteiger partial charge is 0.477 e. The van der Waals surface area contributed by atoms with Crippen molar-refractivity contribution in [2.45, 2.75) is 6.42 Å². The number of rotatable bonds is 3. The van der Waals surface area contributed by atoms with Crippen molar-refractivity contribution in [1.29, 1.82) is 0 Å². The van der Waals surface area contributed by atoms with E-state index in [1.54, 1.807) is 0 Å². The number of carboxylic acids is 1. The number of nitrogens with one attached hydrogen (secondary N) is 1. The zero-order chi connectivity index (χ0) is 8.27. The molecule has 1 aromatic heterocycles. The normalized spacial score (nSPS) is 9.45. The predicted molar refractivity (Wildman–Crippen MR) is 40.3 cm³/mol. The minimum absolute atomic E-state index is 0.0566. The van der Waals surface area contributed by atoms with E-state index in [2.05, 4.69) is 27.6 Å². The third-order valence-electron chi connectivity index (χ3n) is 1.05. The van der Waals surface area contributed by atoms with Gasteiger partial charge in [0.15, 0.2) is 0 Å². The number of carboxylic acid groups (broad SMARTS) is 1. The zero-order valence-corrected chi connectivity index (χ0v) is 6.26. The third kappa shape index (κ3) is 2.08. The summed E-state index contributed by atoms with van der Waals surface area (Å²) in [7, 11) is 0. The molecule has 2 N–H and O–H groups in total. The van der Waals surface area contributed by atoms with Gasteiger partial charge in [-0.1, -0.05) is 12.2 Å². The fourth-order valence-corrected chi connectivity index (χ4v) is 0.699. The molecule has 0 atom stereocenters. The fourth-order valence-electron chi connectivity index (χ4n) is 0.551. The van der Waals surface area contributed by atoms with Crippen LogP contribution >= 0.6 is 12.2 Å². The maximum Gasteiger partial charge on any atom is 0.342 e. The van der Waals surface area contributed by atoms with Gasteiger partial charge in [0, 0.05) is 6.42 Å². The van der Waals surface area contributed by atoms with E-state index in [0.29, 0.717) is 5.69 Å². The molecule has 1 rings (SSSR count). The molecule has 0 amide bonds. The molecule has 58 valence electrons. The topological polar surface area (TPSA) is 78.9 Å². The highest BCUT2D eigenvalue weighted by Crippen LogP contribution is 1.93. The first kappa shape index (κ1) is 7.80. The van der Waals surface area contributed by atoms with E-state index in [-0.39, 0.29) is 11.3 Å². The Labute approximate surface area is 67.4 Å². The molecule has 1 aromatic rings. The van der Waals surface area contributed by atoms with Crippen LogP contribution in [0.1, 0.15) is 5.69 Å². The molecule has 1 heterocycles. The van der Waals surface area contributed by atoms with Crippen LogP contribution in [0.5, 0.6) is 0 Å². The molecule has 0 aliphatic rings. The SMILES string of the molecule is O=C(O)C(=S)Cc1cn[nH]n1. The van der Waals surface area contributed by atoms with E-state index >= 15 is 0 Å². The summed E-state index contributed by atoms with van der Waals surface area (Å²) < 4.78 is 0. The van der Waals surface area contributed by atoms with Gasteiger partial charge in [-0.3, -0.25) is 0 Å². The van der Waals surface area contributed by atoms with E-state index in [0.717, 1.165) is 0 Å². The minimum atomic E-state index is -1.08. The Hall–Kier alpha value is -1.30. The van der Waals surface area contributed by atoms with Crippen LogP contribution in [0.4, 0.5) is 0 Å². The summed E-state index contributed by atoms with van der Waals surface area (Å²) in [5, 5.41) is 17.9. The van der Waals surface area contributed by atoms with Gasteiger partial charge in [0.25, 0.3) is 0 Å². The Kier molecular flexibility index (Phi) is 2.27. The summed E-state index contributed by atoms with van der Waals surface area (Å²) in [6.45, 7) is 0. The first-order chi connectivity index (χ1) is 5.20. The number of aromatic amines is 1. The van der Waals surface area contributed by atoms with E-state index in [1.807, 2.05) is 0 Å². The van der Waals surface area contributed by atoms with Crippen molar-refractivity contribution >= 4 is 23.1 Å². The molecular weight excluding hydrogens is 166 g/mol. The number of carbonyl (C=O) groups is 1. The number of aromatic nitrogens is 3. The molecule has 0 radical (unpaired) electrons. The second-order valence-corrected chi connectivity index (χ2v) is 2.36. The van der Waals surface area contributed by atoms with Crippen LogP contribution in [0.15, 0.2) is 6.20 Å². The van der Waals surface area contributed by atoms with E-state index in [4.69, 9.17) is 5.11 Å². The Morgan fingerprint density at radius 1 is 1.82 bits per heavy atom. The number of hydrogen-bond donors (Lipinski definition) is 2. The lowest BCUT2D eigenvalue weighted by Gasteiger charge is -1.90. The van der Waals surface area contributed by atoms with E-state index in [1.165, 1.54) is 6.20 Å². The van der Waals surface area contributed by atoms with Gasteiger partial charge in [0.1, 0.15) is 4.86 Å². The Morgan fingerprint density at radius 2 is 2.55 bits per heavy atom. The van der Waals surface area contributed by atoms with Gasteiger partial charge in [-0.15, -0.1) is 0 Å². The standard InChI is InChI=1S/C5H5N3O2S/c9-5(10)4(11)1-3-2-6-8-7-3/h2H,1H2,(H,9,10)(H,6,7,8). The van der Waals surface area contributed by atoms with Crippen LogP contribution in [0.3, 0.4) is 0 Å². The first-order valence-electron chi connectivity index (χ1n) is 2.81. The van der Waals surface area contributed by atoms with Gasteiger partial charge in [0.2, 0.25) is 0 Å². The highest BCUT2D eigenvalue weighted by molar-refractivity contribution is 7.82. The molecule has 0 saturated carbocycles. The Bertz CT molecular complexity index is 269. The molecule has 0 aromatic carbocycles. The average Bonchev–Trinajstić information content (AvgIpc) is 2.39. The summed E-state index contributed by atoms with van der Waals surface area (Å²) in [5.41, 5.74) is 0.539. The van der Waals surface area contributed by atoms with Crippen molar-refractivity contribution in [3.05, 3.63) is 11.9 Å². The molecule has 5 nitrogen and oxygen atoms in total. The molecule has 6 heteroatoms. The van der Waals surface area contributed by atoms with Crippen LogP contribution in [0, 0.1) is 0 Å². The van der Waals surface area contributed by atoms with Gasteiger partial charge >= 0.3 is 5.97 Å². The van der Waals surface area contributed by atoms with Gasteiger partial charge < -0.3 is 5.11 Å². The molecule has 0 aliphatic heterocycles. The van der Waals surface area contributed by atoms with Crippen LogP contribution in [-0.4, -0.2) is 31.4 Å². The van der Waals surface area contributed by atoms with Gasteiger partial charge in [-0.25, -0.2) is 4.79 Å². The molecule has 0 aliphatic carbocycles. The van der Waals surface area contributed by atoms with Crippen LogP contribution in [-0.2, 0) is 11.2 Å². The highest BCUT2D eigenvalue weighted by atomic mass is 32.1. The van der Waals surface area contributed by atoms with Crippen LogP contribution in [0.25, 0.3) is 0 Å². The molecule has 0 bridgehead atoms. The maximum atomic E-state index is 10.2. The smallest absolute Gasteiger partial charge is 0.342 e. The van der Waals surface area contributed by atoms with Crippen molar-refractivity contribution < 1.29 is 9.90 Å². The Balaban J connectivity index is 2.57. The average molecular weight is 171 g/mol. The summed E-state index contributed by atoms with van der Waals surface area (Å²) in [4.78, 5) is 10.2. The summed E-state index contributed by atoms with van der Waals surface area (Å²) in [5.74, 6) is -1.08. The summed E-state index contributed by atoms with van der Waals surface area (Å²) >= 11 is 4.54. The quantitative estimate of drug-likeness (QED) is 0.616. The van der Waals surface area contributed by atoms with Crippen molar-refractivity contribution in [1.82, 2.24) is 15.4 Å². The monoisotopic (exact) mass is 171 g/mol. The van der Waals surface area contributed by atoms with Crippen LogP contribution in [0.2, 0.25) is 0 Å². The minimum Gasteiger partial charge on any atom is -0.477 e. The fraction of sp³-hybridized carbons (Fsp3) is 0.200. The van der Waals surface area contributed by atoms with E-state index in [9.17, 15) is 4.79 Å². The second kappa shape index (κ2) is 3.20. The number of H-pyrrole nitrogens is 1. The lowest BCUT2D eigenvalue weighted by atomic mass is 10.2. The van der Waals surface area contributed by atoms with Crippen molar-refractivity contribution in [3.8, 4) is 0 Å². The highest BCUT2D eigenvalue weighted by Gasteiger charge is 2.08. The van der Waals surface area contributed by atoms with Gasteiger partial charge in [-0.2, -0.15) is 15.4 Å². The summed E-state index contributed by atoms with van der Waals surface area (Å²) in [6, 6.07) is 0. The molecule has 11 heavy (non-hydrogen) atoms. The van der Waals surface area contributed by atoms with Crippen LogP contribution < -0.4 is 0 Å². The zero-order valence-electron chi connectivity index (χ0n) is 5.44. The number of hydrogen-bond acceptors (Lipinski definition) is 4. The van der Waals surface area contributed by atoms with Crippen molar-refractivity contribution in [2.24, 2.45) is 0 Å². The molecular formula is C5H5N3O2S. The predicted octanol–water partition coefficient (Wildman–Crippen LogP) is -0.198. The number of thiocarbonyl (C=S) groups is 1. The number of nitrogens with zero attached hydrogens (tertiary/aromatic N) is 2. The summed E-state index contributed by atoms with van der Waals surface area (Å²) in [6.07, 6.45) is 1.59.